The van der Waals surface area contributed by atoms with E-state index in [1.54, 1.807) is 13.8 Å². The van der Waals surface area contributed by atoms with E-state index in [-0.39, 0.29) is 35.3 Å². The maximum atomic E-state index is 12.8. The molecule has 9 heteroatoms. The zero-order chi connectivity index (χ0) is 18.8. The first-order valence-corrected chi connectivity index (χ1v) is 9.99. The van der Waals surface area contributed by atoms with E-state index in [2.05, 4.69) is 4.99 Å². The molecule has 2 atom stereocenters. The van der Waals surface area contributed by atoms with Gasteiger partial charge in [-0.25, -0.2) is 9.59 Å². The van der Waals surface area contributed by atoms with Crippen molar-refractivity contribution in [2.24, 2.45) is 4.99 Å². The van der Waals surface area contributed by atoms with E-state index in [1.807, 2.05) is 13.8 Å². The Bertz CT molecular complexity index is 724. The van der Waals surface area contributed by atoms with Gasteiger partial charge >= 0.3 is 12.1 Å². The summed E-state index contributed by atoms with van der Waals surface area (Å²) in [6.45, 7) is 7.27. The molecule has 1 spiro atoms. The molecule has 0 bridgehead atoms. The molecule has 138 valence electrons. The number of carbonyl (C=O) groups excluding carboxylic acids is 2. The van der Waals surface area contributed by atoms with E-state index in [0.29, 0.717) is 6.42 Å². The highest BCUT2D eigenvalue weighted by Crippen LogP contribution is 2.52. The monoisotopic (exact) mass is 387 g/mol. The third-order valence-electron chi connectivity index (χ3n) is 3.96. The first-order valence-electron chi connectivity index (χ1n) is 7.86. The van der Waals surface area contributed by atoms with Crippen LogP contribution in [0, 0.1) is 0 Å². The van der Waals surface area contributed by atoms with Crippen LogP contribution in [-0.2, 0) is 25.1 Å². The second kappa shape index (κ2) is 7.74. The predicted octanol–water partition coefficient (Wildman–Crippen LogP) is 2.85. The number of ether oxygens (including phenoxy) is 2. The van der Waals surface area contributed by atoms with Crippen molar-refractivity contribution in [3.05, 3.63) is 22.5 Å². The van der Waals surface area contributed by atoms with E-state index < -0.39 is 26.9 Å². The molecule has 2 heterocycles. The van der Waals surface area contributed by atoms with Crippen LogP contribution in [0.15, 0.2) is 27.5 Å². The van der Waals surface area contributed by atoms with Crippen molar-refractivity contribution in [1.82, 2.24) is 0 Å². The van der Waals surface area contributed by atoms with Gasteiger partial charge in [-0.1, -0.05) is 22.9 Å². The summed E-state index contributed by atoms with van der Waals surface area (Å²) in [4.78, 5) is 27.8. The highest BCUT2D eigenvalue weighted by Gasteiger charge is 2.54. The second-order valence-electron chi connectivity index (χ2n) is 5.64. The van der Waals surface area contributed by atoms with Gasteiger partial charge in [0.25, 0.3) is 0 Å². The molecule has 1 amide bonds. The largest absolute Gasteiger partial charge is 0.509 e. The topological polar surface area (TPSA) is 102 Å². The van der Waals surface area contributed by atoms with E-state index in [9.17, 15) is 18.9 Å². The Morgan fingerprint density at radius 2 is 1.88 bits per heavy atom. The maximum Gasteiger partial charge on any atom is 0.434 e. The van der Waals surface area contributed by atoms with Crippen LogP contribution >= 0.6 is 11.8 Å². The van der Waals surface area contributed by atoms with Crippen molar-refractivity contribution in [2.75, 3.05) is 19.0 Å². The molecule has 2 aliphatic heterocycles. The second-order valence-corrected chi connectivity index (χ2v) is 8.87. The number of hydrogen-bond donors (Lipinski definition) is 1. The van der Waals surface area contributed by atoms with Crippen molar-refractivity contribution < 1.29 is 28.4 Å². The zero-order valence-electron chi connectivity index (χ0n) is 14.6. The SMILES string of the molecule is CCOC(=O)/N=C1\SC2(CC(C)=C(C)CS2=O)C(O)=C1C(=O)OCC. The van der Waals surface area contributed by atoms with Crippen molar-refractivity contribution in [2.45, 2.75) is 38.2 Å². The van der Waals surface area contributed by atoms with Gasteiger partial charge in [0, 0.05) is 12.2 Å². The van der Waals surface area contributed by atoms with Crippen molar-refractivity contribution in [3.63, 3.8) is 0 Å². The lowest BCUT2D eigenvalue weighted by molar-refractivity contribution is -0.138. The fourth-order valence-electron chi connectivity index (χ4n) is 2.54. The van der Waals surface area contributed by atoms with E-state index in [1.165, 1.54) is 0 Å². The lowest BCUT2D eigenvalue weighted by Crippen LogP contribution is -2.37. The minimum absolute atomic E-state index is 0.0184. The number of hydrogen-bond acceptors (Lipinski definition) is 7. The first-order chi connectivity index (χ1) is 11.8. The quantitative estimate of drug-likeness (QED) is 0.587. The molecule has 0 saturated heterocycles. The minimum atomic E-state index is -1.48. The Morgan fingerprint density at radius 3 is 2.48 bits per heavy atom. The van der Waals surface area contributed by atoms with Gasteiger partial charge in [0.05, 0.1) is 24.0 Å². The molecule has 2 unspecified atom stereocenters. The number of amides is 1. The van der Waals surface area contributed by atoms with Crippen LogP contribution in [0.4, 0.5) is 4.79 Å². The molecule has 2 rings (SSSR count). The van der Waals surface area contributed by atoms with Crippen LogP contribution in [0.5, 0.6) is 0 Å². The van der Waals surface area contributed by atoms with Crippen molar-refractivity contribution in [1.29, 1.82) is 0 Å². The van der Waals surface area contributed by atoms with Crippen LogP contribution in [0.2, 0.25) is 0 Å². The van der Waals surface area contributed by atoms with Crippen LogP contribution in [0.25, 0.3) is 0 Å². The van der Waals surface area contributed by atoms with Crippen molar-refractivity contribution in [3.8, 4) is 0 Å². The molecule has 0 aromatic carbocycles. The van der Waals surface area contributed by atoms with Crippen LogP contribution < -0.4 is 0 Å². The van der Waals surface area contributed by atoms with Gasteiger partial charge in [-0.15, -0.1) is 0 Å². The summed E-state index contributed by atoms with van der Waals surface area (Å²) in [6, 6.07) is 0. The number of rotatable bonds is 3. The lowest BCUT2D eigenvalue weighted by atomic mass is 10.0. The average molecular weight is 387 g/mol. The minimum Gasteiger partial charge on any atom is -0.509 e. The molecular formula is C16H21NO6S2. The molecule has 0 radical (unpaired) electrons. The summed E-state index contributed by atoms with van der Waals surface area (Å²) < 4.78 is 21.3. The van der Waals surface area contributed by atoms with Gasteiger partial charge in [0.2, 0.25) is 0 Å². The molecule has 0 fully saturated rings. The summed E-state index contributed by atoms with van der Waals surface area (Å²) in [5.74, 6) is -0.858. The number of nitrogens with zero attached hydrogens (tertiary/aromatic N) is 1. The van der Waals surface area contributed by atoms with E-state index in [0.717, 1.165) is 22.9 Å². The van der Waals surface area contributed by atoms with Gasteiger partial charge in [0.15, 0.2) is 4.08 Å². The molecule has 25 heavy (non-hydrogen) atoms. The molecule has 0 aromatic heterocycles. The molecular weight excluding hydrogens is 366 g/mol. The third kappa shape index (κ3) is 3.67. The first kappa shape index (κ1) is 19.7. The van der Waals surface area contributed by atoms with Crippen LogP contribution in [0.1, 0.15) is 34.1 Å². The molecule has 7 nitrogen and oxygen atoms in total. The average Bonchev–Trinajstić information content (AvgIpc) is 2.79. The highest BCUT2D eigenvalue weighted by molar-refractivity contribution is 8.24. The van der Waals surface area contributed by atoms with Crippen LogP contribution in [0.3, 0.4) is 0 Å². The van der Waals surface area contributed by atoms with Gasteiger partial charge in [-0.2, -0.15) is 4.99 Å². The summed E-state index contributed by atoms with van der Waals surface area (Å²) >= 11 is 0.962. The number of aliphatic hydroxyl groups excluding tert-OH is 1. The van der Waals surface area contributed by atoms with E-state index >= 15 is 0 Å². The number of esters is 1. The zero-order valence-corrected chi connectivity index (χ0v) is 16.2. The predicted molar refractivity (Wildman–Crippen MR) is 97.1 cm³/mol. The van der Waals surface area contributed by atoms with Gasteiger partial charge < -0.3 is 14.6 Å². The Kier molecular flexibility index (Phi) is 6.10. The number of thioether (sulfide) groups is 1. The Hall–Kier alpha value is -1.61. The summed E-state index contributed by atoms with van der Waals surface area (Å²) in [7, 11) is -1.48. The third-order valence-corrected chi connectivity index (χ3v) is 7.69. The number of aliphatic imine (C=N–C) groups is 1. The summed E-state index contributed by atoms with van der Waals surface area (Å²) in [5.41, 5.74) is 1.77. The molecule has 0 aliphatic carbocycles. The smallest absolute Gasteiger partial charge is 0.434 e. The van der Waals surface area contributed by atoms with Gasteiger partial charge in [-0.3, -0.25) is 4.21 Å². The van der Waals surface area contributed by atoms with Crippen molar-refractivity contribution >= 4 is 39.7 Å². The number of carbonyl (C=O) groups is 2. The fraction of sp³-hybridized carbons (Fsp3) is 0.562. The molecule has 0 saturated carbocycles. The highest BCUT2D eigenvalue weighted by atomic mass is 32.2. The Balaban J connectivity index is 2.54. The summed E-state index contributed by atoms with van der Waals surface area (Å²) in [5, 5.41) is 10.7. The molecule has 0 aromatic rings. The number of aliphatic hydroxyl groups is 1. The Morgan fingerprint density at radius 1 is 1.24 bits per heavy atom. The van der Waals surface area contributed by atoms with Gasteiger partial charge in [-0.05, 0) is 27.7 Å². The maximum absolute atomic E-state index is 12.8. The summed E-state index contributed by atoms with van der Waals surface area (Å²) in [6.07, 6.45) is -0.575. The van der Waals surface area contributed by atoms with Crippen LogP contribution in [-0.4, -0.2) is 49.5 Å². The Labute approximate surface area is 153 Å². The van der Waals surface area contributed by atoms with E-state index in [4.69, 9.17) is 9.47 Å². The fourth-order valence-corrected chi connectivity index (χ4v) is 6.10. The van der Waals surface area contributed by atoms with Gasteiger partial charge in [0.1, 0.15) is 16.4 Å². The standard InChI is InChI=1S/C16H21NO6S2/c1-5-22-14(19)11-12(18)16(7-9(3)10(4)8-25(16)21)24-13(11)17-15(20)23-6-2/h18H,5-8H2,1-4H3/b17-13-. The normalized spacial score (nSPS) is 28.0. The molecule has 2 aliphatic rings. The molecule has 1 N–H and O–H groups in total. The lowest BCUT2D eigenvalue weighted by Gasteiger charge is -2.32. The number of allylic oxidation sites excluding steroid dienone is 1.